The van der Waals surface area contributed by atoms with Crippen LogP contribution in [0.1, 0.15) is 64.5 Å². The first kappa shape index (κ1) is 44.1. The Morgan fingerprint density at radius 1 is 0.647 bits per heavy atom. The Hall–Kier alpha value is -6.44. The molecule has 0 aliphatic rings. The van der Waals surface area contributed by atoms with Crippen LogP contribution in [0.15, 0.2) is 180 Å². The molecule has 0 amide bonds. The summed E-state index contributed by atoms with van der Waals surface area (Å²) in [6, 6.07) is 63.8. The van der Waals surface area contributed by atoms with Gasteiger partial charge in [-0.15, -0.1) is 18.2 Å². The van der Waals surface area contributed by atoms with E-state index < -0.39 is 19.6 Å². The molecule has 0 unspecified atom stereocenters. The van der Waals surface area contributed by atoms with Crippen molar-refractivity contribution in [3.63, 3.8) is 0 Å². The zero-order valence-electron chi connectivity index (χ0n) is 41.4. The van der Waals surface area contributed by atoms with E-state index in [1.807, 2.05) is 97.2 Å². The molecular formula is C61H54GeIrN4O-2. The molecule has 0 aliphatic heterocycles. The molecule has 11 rings (SSSR count). The average Bonchev–Trinajstić information content (AvgIpc) is 3.94. The number of fused-ring (bicyclic) bond motifs is 5. The number of rotatable bonds is 9. The van der Waals surface area contributed by atoms with E-state index in [0.717, 1.165) is 82.3 Å². The molecule has 0 aliphatic carbocycles. The molecule has 68 heavy (non-hydrogen) atoms. The first-order valence-corrected chi connectivity index (χ1v) is 30.5. The summed E-state index contributed by atoms with van der Waals surface area (Å²) in [5.74, 6) is 8.11. The molecule has 4 aromatic heterocycles. The van der Waals surface area contributed by atoms with E-state index in [9.17, 15) is 0 Å². The number of hydrogen-bond donors (Lipinski definition) is 0. The molecule has 5 nitrogen and oxygen atoms in total. The fourth-order valence-corrected chi connectivity index (χ4v) is 11.9. The summed E-state index contributed by atoms with van der Waals surface area (Å²) in [7, 11) is 0. The van der Waals surface area contributed by atoms with Gasteiger partial charge in [0.25, 0.3) is 0 Å². The van der Waals surface area contributed by atoms with Crippen LogP contribution in [0.4, 0.5) is 0 Å². The molecule has 4 heterocycles. The Kier molecular flexibility index (Phi) is 12.7. The smallest absolute Gasteiger partial charge is 0 e. The van der Waals surface area contributed by atoms with E-state index in [2.05, 4.69) is 146 Å². The number of imidazole rings is 1. The van der Waals surface area contributed by atoms with Crippen LogP contribution in [0.3, 0.4) is 0 Å². The van der Waals surface area contributed by atoms with Crippen molar-refractivity contribution >= 4 is 61.7 Å². The summed E-state index contributed by atoms with van der Waals surface area (Å²) >= 11 is -2.30. The predicted octanol–water partition coefficient (Wildman–Crippen LogP) is 15.5. The maximum atomic E-state index is 8.85. The first-order valence-electron chi connectivity index (χ1n) is 24.2. The number of benzene rings is 7. The van der Waals surface area contributed by atoms with Gasteiger partial charge >= 0.3 is 144 Å². The Balaban J connectivity index is 0.000000200. The monoisotopic (exact) mass is 1130 g/mol. The van der Waals surface area contributed by atoms with Crippen molar-refractivity contribution in [1.29, 1.82) is 0 Å². The Morgan fingerprint density at radius 2 is 1.32 bits per heavy atom. The number of pyridine rings is 2. The molecule has 0 saturated carbocycles. The largest absolute Gasteiger partial charge is 0 e. The topological polar surface area (TPSA) is 56.7 Å². The Labute approximate surface area is 418 Å². The zero-order chi connectivity index (χ0) is 48.0. The minimum Gasteiger partial charge on any atom is 0 e. The third-order valence-corrected chi connectivity index (χ3v) is 16.6. The van der Waals surface area contributed by atoms with Gasteiger partial charge in [-0.25, -0.2) is 4.98 Å². The summed E-state index contributed by atoms with van der Waals surface area (Å²) in [5, 5.41) is 3.20. The SMILES string of the molecule is CC(C)c1cc(-c2ccccc2)cc(C(C)C)c1-n1c(-c2[c-]ccc3c2oc2ccccc23)nc2cc3ccccc3nc21.[2H]C([2H])(c1ccccc1)c1cc(-c2[c-]cccc2)nc[c]1[Ge]([CH3])([CH3])[CH3].[Ir]. The number of furan rings is 1. The van der Waals surface area contributed by atoms with Gasteiger partial charge in [0.05, 0.1) is 22.4 Å². The van der Waals surface area contributed by atoms with Gasteiger partial charge in [-0.3, -0.25) is 4.98 Å². The maximum absolute atomic E-state index is 8.85. The average molecular weight is 1130 g/mol. The normalized spacial score (nSPS) is 12.3. The van der Waals surface area contributed by atoms with Gasteiger partial charge < -0.3 is 8.98 Å². The minimum atomic E-state index is -2.30. The number of nitrogens with zero attached hydrogens (tertiary/aromatic N) is 4. The summed E-state index contributed by atoms with van der Waals surface area (Å²) in [6.45, 7) is 9.08. The van der Waals surface area contributed by atoms with Crippen molar-refractivity contribution in [1.82, 2.24) is 19.5 Å². The third kappa shape index (κ3) is 9.26. The van der Waals surface area contributed by atoms with Gasteiger partial charge in [-0.2, -0.15) is 0 Å². The van der Waals surface area contributed by atoms with Crippen LogP contribution in [0, 0.1) is 12.1 Å². The maximum Gasteiger partial charge on any atom is 0 e. The molecular weight excluding hydrogens is 1070 g/mol. The number of para-hydroxylation sites is 2. The van der Waals surface area contributed by atoms with Crippen molar-refractivity contribution < 1.29 is 27.3 Å². The van der Waals surface area contributed by atoms with Crippen molar-refractivity contribution in [2.45, 2.75) is 63.2 Å². The van der Waals surface area contributed by atoms with E-state index in [1.165, 1.54) is 22.3 Å². The van der Waals surface area contributed by atoms with Crippen molar-refractivity contribution in [3.8, 4) is 39.5 Å². The number of aromatic nitrogens is 4. The second kappa shape index (κ2) is 19.7. The van der Waals surface area contributed by atoms with Crippen molar-refractivity contribution in [2.75, 3.05) is 0 Å². The van der Waals surface area contributed by atoms with E-state index in [1.54, 1.807) is 0 Å². The molecule has 0 spiro atoms. The molecule has 0 N–H and O–H groups in total. The van der Waals surface area contributed by atoms with E-state index in [4.69, 9.17) is 17.1 Å². The zero-order valence-corrected chi connectivity index (χ0v) is 43.9. The molecule has 0 fully saturated rings. The molecule has 7 aromatic carbocycles. The molecule has 0 bridgehead atoms. The molecule has 11 aromatic rings. The minimum absolute atomic E-state index is 0. The first-order chi connectivity index (χ1) is 33.3. The Bertz CT molecular complexity index is 3610. The van der Waals surface area contributed by atoms with Gasteiger partial charge in [0.1, 0.15) is 5.58 Å². The Morgan fingerprint density at radius 3 is 2.03 bits per heavy atom. The number of hydrogen-bond acceptors (Lipinski definition) is 4. The summed E-state index contributed by atoms with van der Waals surface area (Å²) in [6.07, 6.45) is 0.341. The second-order valence-corrected chi connectivity index (χ2v) is 29.4. The molecule has 7 heteroatoms. The van der Waals surface area contributed by atoms with Crippen LogP contribution in [-0.4, -0.2) is 32.8 Å². The fraction of sp³-hybridized carbons (Fsp3) is 0.164. The van der Waals surface area contributed by atoms with E-state index in [-0.39, 0.29) is 31.9 Å². The van der Waals surface area contributed by atoms with Crippen LogP contribution in [-0.2, 0) is 26.5 Å². The van der Waals surface area contributed by atoms with E-state index >= 15 is 0 Å². The van der Waals surface area contributed by atoms with Gasteiger partial charge in [0.2, 0.25) is 0 Å². The molecule has 1 radical (unpaired) electrons. The fourth-order valence-electron chi connectivity index (χ4n) is 8.99. The van der Waals surface area contributed by atoms with Crippen molar-refractivity contribution in [2.24, 2.45) is 0 Å². The standard InChI is InChI=1S/C40H32N3O.C21H22GeN.Ir/c1-24(2)32-21-28(26-13-6-5-7-14-26)22-33(25(3)4)37(32)43-39(42-35-23-27-15-8-10-19-34(27)41-40(35)43)31-18-12-17-30-29-16-9-11-20-36(29)44-38(30)31;1-22(2,3)20-16-23-21(18-12-8-5-9-13-18)15-19(20)14-17-10-6-4-7-11-17;/h5-17,19-25H,1-4H3;4-12,15-16H,14H2,1-3H3;/q2*-1;/i;14D2;. The van der Waals surface area contributed by atoms with Crippen LogP contribution < -0.4 is 4.40 Å². The third-order valence-electron chi connectivity index (χ3n) is 12.4. The van der Waals surface area contributed by atoms with Gasteiger partial charge in [0, 0.05) is 36.6 Å². The van der Waals surface area contributed by atoms with Crippen LogP contribution in [0.25, 0.3) is 83.5 Å². The van der Waals surface area contributed by atoms with Crippen LogP contribution >= 0.6 is 0 Å². The van der Waals surface area contributed by atoms with Crippen LogP contribution in [0.2, 0.25) is 17.3 Å². The molecule has 339 valence electrons. The molecule has 0 saturated heterocycles. The summed E-state index contributed by atoms with van der Waals surface area (Å²) < 4.78 is 27.6. The quantitative estimate of drug-likeness (QED) is 0.107. The molecule has 0 atom stereocenters. The second-order valence-electron chi connectivity index (χ2n) is 18.8. The summed E-state index contributed by atoms with van der Waals surface area (Å²) in [5.41, 5.74) is 14.2. The predicted molar refractivity (Wildman–Crippen MR) is 282 cm³/mol. The van der Waals surface area contributed by atoms with Gasteiger partial charge in [-0.1, -0.05) is 105 Å². The van der Waals surface area contributed by atoms with Crippen LogP contribution in [0.5, 0.6) is 0 Å². The van der Waals surface area contributed by atoms with Gasteiger partial charge in [0.15, 0.2) is 5.65 Å². The van der Waals surface area contributed by atoms with E-state index in [0.29, 0.717) is 5.56 Å². The van der Waals surface area contributed by atoms with Crippen molar-refractivity contribution in [3.05, 3.63) is 210 Å². The van der Waals surface area contributed by atoms with Gasteiger partial charge in [-0.05, 0) is 64.4 Å². The summed E-state index contributed by atoms with van der Waals surface area (Å²) in [4.78, 5) is 15.2.